The summed E-state index contributed by atoms with van der Waals surface area (Å²) in [4.78, 5) is 0.186. The largest absolute Gasteiger partial charge is 0.486 e. The maximum atomic E-state index is 12.1. The Balaban J connectivity index is 2.02. The second-order valence-electron chi connectivity index (χ2n) is 4.81. The van der Waals surface area contributed by atoms with E-state index in [0.717, 1.165) is 0 Å². The first-order valence-electron chi connectivity index (χ1n) is 6.62. The van der Waals surface area contributed by atoms with Gasteiger partial charge in [-0.15, -0.1) is 0 Å². The van der Waals surface area contributed by atoms with E-state index in [1.54, 1.807) is 6.07 Å². The highest BCUT2D eigenvalue weighted by molar-refractivity contribution is 7.89. The maximum Gasteiger partial charge on any atom is 0.240 e. The van der Waals surface area contributed by atoms with Crippen LogP contribution in [0.4, 0.5) is 0 Å². The average molecular weight is 300 g/mol. The summed E-state index contributed by atoms with van der Waals surface area (Å²) in [7, 11) is -3.52. The summed E-state index contributed by atoms with van der Waals surface area (Å²) >= 11 is 0. The first-order chi connectivity index (χ1) is 9.49. The fourth-order valence-corrected chi connectivity index (χ4v) is 2.87. The van der Waals surface area contributed by atoms with Crippen LogP contribution in [0.5, 0.6) is 11.5 Å². The summed E-state index contributed by atoms with van der Waals surface area (Å²) in [5.74, 6) is 1.05. The third kappa shape index (κ3) is 3.84. The van der Waals surface area contributed by atoms with E-state index in [4.69, 9.17) is 9.47 Å². The van der Waals surface area contributed by atoms with Crippen molar-refractivity contribution < 1.29 is 17.9 Å². The minimum atomic E-state index is -3.52. The molecule has 1 aromatic carbocycles. The Morgan fingerprint density at radius 1 is 1.15 bits per heavy atom. The lowest BCUT2D eigenvalue weighted by atomic mass is 10.3. The Labute approximate surface area is 119 Å². The SMILES string of the molecule is CC(C)NCCNS(=O)(=O)c1ccc2c(c1)OCCO2. The number of hydrogen-bond donors (Lipinski definition) is 2. The van der Waals surface area contributed by atoms with Crippen molar-refractivity contribution in [3.63, 3.8) is 0 Å². The lowest BCUT2D eigenvalue weighted by Gasteiger charge is -2.19. The smallest absolute Gasteiger partial charge is 0.240 e. The molecular formula is C13H20N2O4S. The van der Waals surface area contributed by atoms with Crippen LogP contribution < -0.4 is 19.5 Å². The van der Waals surface area contributed by atoms with E-state index < -0.39 is 10.0 Å². The Morgan fingerprint density at radius 3 is 2.55 bits per heavy atom. The van der Waals surface area contributed by atoms with Gasteiger partial charge >= 0.3 is 0 Å². The van der Waals surface area contributed by atoms with Crippen LogP contribution in [-0.4, -0.2) is 40.8 Å². The van der Waals surface area contributed by atoms with Crippen molar-refractivity contribution in [2.45, 2.75) is 24.8 Å². The molecule has 1 aliphatic heterocycles. The Kier molecular flexibility index (Phi) is 4.85. The molecule has 0 aliphatic carbocycles. The number of benzene rings is 1. The van der Waals surface area contributed by atoms with Crippen molar-refractivity contribution in [2.24, 2.45) is 0 Å². The van der Waals surface area contributed by atoms with Crippen molar-refractivity contribution in [3.05, 3.63) is 18.2 Å². The van der Waals surface area contributed by atoms with Gasteiger partial charge in [-0.2, -0.15) is 0 Å². The van der Waals surface area contributed by atoms with Gasteiger partial charge < -0.3 is 14.8 Å². The number of hydrogen-bond acceptors (Lipinski definition) is 5. The van der Waals surface area contributed by atoms with Crippen LogP contribution in [-0.2, 0) is 10.0 Å². The first kappa shape index (κ1) is 15.1. The van der Waals surface area contributed by atoms with Crippen molar-refractivity contribution in [2.75, 3.05) is 26.3 Å². The molecule has 0 atom stereocenters. The number of nitrogens with one attached hydrogen (secondary N) is 2. The molecule has 0 saturated heterocycles. The van der Waals surface area contributed by atoms with Crippen molar-refractivity contribution in [1.82, 2.24) is 10.0 Å². The number of ether oxygens (including phenoxy) is 2. The summed E-state index contributed by atoms with van der Waals surface area (Å²) in [6.07, 6.45) is 0. The van der Waals surface area contributed by atoms with Crippen LogP contribution in [0.2, 0.25) is 0 Å². The predicted octanol–water partition coefficient (Wildman–Crippen LogP) is 0.734. The fourth-order valence-electron chi connectivity index (χ4n) is 1.82. The molecule has 0 radical (unpaired) electrons. The van der Waals surface area contributed by atoms with Crippen LogP contribution in [0.25, 0.3) is 0 Å². The molecule has 2 N–H and O–H groups in total. The Hall–Kier alpha value is -1.31. The average Bonchev–Trinajstić information content (AvgIpc) is 2.43. The van der Waals surface area contributed by atoms with Crippen LogP contribution >= 0.6 is 0 Å². The summed E-state index contributed by atoms with van der Waals surface area (Å²) < 4.78 is 37.6. The molecule has 0 unspecified atom stereocenters. The number of fused-ring (bicyclic) bond motifs is 1. The summed E-state index contributed by atoms with van der Waals surface area (Å²) in [6, 6.07) is 4.96. The van der Waals surface area contributed by atoms with Gasteiger partial charge in [-0.25, -0.2) is 13.1 Å². The van der Waals surface area contributed by atoms with Gasteiger partial charge in [0.05, 0.1) is 4.90 Å². The molecule has 1 aromatic rings. The maximum absolute atomic E-state index is 12.1. The lowest BCUT2D eigenvalue weighted by molar-refractivity contribution is 0.171. The van der Waals surface area contributed by atoms with Crippen LogP contribution in [0.1, 0.15) is 13.8 Å². The molecule has 6 nitrogen and oxygen atoms in total. The second-order valence-corrected chi connectivity index (χ2v) is 6.58. The first-order valence-corrected chi connectivity index (χ1v) is 8.10. The van der Waals surface area contributed by atoms with E-state index in [2.05, 4.69) is 10.0 Å². The highest BCUT2D eigenvalue weighted by atomic mass is 32.2. The molecule has 20 heavy (non-hydrogen) atoms. The fraction of sp³-hybridized carbons (Fsp3) is 0.538. The van der Waals surface area contributed by atoms with Gasteiger partial charge in [0, 0.05) is 25.2 Å². The number of rotatable bonds is 6. The highest BCUT2D eigenvalue weighted by Crippen LogP contribution is 2.32. The molecule has 7 heteroatoms. The summed E-state index contributed by atoms with van der Waals surface area (Å²) in [5, 5.41) is 3.15. The zero-order valence-corrected chi connectivity index (χ0v) is 12.5. The van der Waals surface area contributed by atoms with Crippen molar-refractivity contribution >= 4 is 10.0 Å². The van der Waals surface area contributed by atoms with Gasteiger partial charge in [-0.1, -0.05) is 13.8 Å². The van der Waals surface area contributed by atoms with E-state index in [9.17, 15) is 8.42 Å². The Morgan fingerprint density at radius 2 is 1.85 bits per heavy atom. The quantitative estimate of drug-likeness (QED) is 0.758. The highest BCUT2D eigenvalue weighted by Gasteiger charge is 2.18. The second kappa shape index (κ2) is 6.43. The van der Waals surface area contributed by atoms with E-state index in [0.29, 0.717) is 43.8 Å². The molecule has 1 heterocycles. The van der Waals surface area contributed by atoms with Gasteiger partial charge in [-0.3, -0.25) is 0 Å². The molecule has 0 aromatic heterocycles. The monoisotopic (exact) mass is 300 g/mol. The molecular weight excluding hydrogens is 280 g/mol. The lowest BCUT2D eigenvalue weighted by Crippen LogP contribution is -2.34. The zero-order chi connectivity index (χ0) is 14.6. The van der Waals surface area contributed by atoms with Gasteiger partial charge in [0.2, 0.25) is 10.0 Å². The molecule has 2 rings (SSSR count). The summed E-state index contributed by atoms with van der Waals surface area (Å²) in [6.45, 7) is 5.86. The molecule has 0 spiro atoms. The molecule has 112 valence electrons. The topological polar surface area (TPSA) is 76.7 Å². The van der Waals surface area contributed by atoms with Gasteiger partial charge in [0.1, 0.15) is 13.2 Å². The summed E-state index contributed by atoms with van der Waals surface area (Å²) in [5.41, 5.74) is 0. The van der Waals surface area contributed by atoms with Gasteiger partial charge in [0.15, 0.2) is 11.5 Å². The molecule has 0 amide bonds. The van der Waals surface area contributed by atoms with Crippen LogP contribution in [0.3, 0.4) is 0 Å². The van der Waals surface area contributed by atoms with Crippen molar-refractivity contribution in [3.8, 4) is 11.5 Å². The van der Waals surface area contributed by atoms with Gasteiger partial charge in [0.25, 0.3) is 0 Å². The molecule has 0 bridgehead atoms. The van der Waals surface area contributed by atoms with E-state index in [-0.39, 0.29) is 4.90 Å². The third-order valence-electron chi connectivity index (χ3n) is 2.79. The van der Waals surface area contributed by atoms with Crippen LogP contribution in [0, 0.1) is 0 Å². The standard InChI is InChI=1S/C13H20N2O4S/c1-10(2)14-5-6-15-20(16,17)11-3-4-12-13(9-11)19-8-7-18-12/h3-4,9-10,14-15H,5-8H2,1-2H3. The zero-order valence-electron chi connectivity index (χ0n) is 11.7. The number of sulfonamides is 1. The third-order valence-corrected chi connectivity index (χ3v) is 4.25. The predicted molar refractivity (Wildman–Crippen MR) is 75.8 cm³/mol. The Bertz CT molecular complexity index is 557. The molecule has 1 aliphatic rings. The normalized spacial score (nSPS) is 14.6. The minimum absolute atomic E-state index is 0.186. The van der Waals surface area contributed by atoms with Gasteiger partial charge in [-0.05, 0) is 12.1 Å². The minimum Gasteiger partial charge on any atom is -0.486 e. The molecule has 0 saturated carbocycles. The van der Waals surface area contributed by atoms with Crippen LogP contribution in [0.15, 0.2) is 23.1 Å². The van der Waals surface area contributed by atoms with E-state index in [1.807, 2.05) is 13.8 Å². The van der Waals surface area contributed by atoms with E-state index >= 15 is 0 Å². The van der Waals surface area contributed by atoms with Crippen molar-refractivity contribution in [1.29, 1.82) is 0 Å². The molecule has 0 fully saturated rings. The van der Waals surface area contributed by atoms with E-state index in [1.165, 1.54) is 12.1 Å².